The molecule has 0 amide bonds. The molecule has 21 heavy (non-hydrogen) atoms. The summed E-state index contributed by atoms with van der Waals surface area (Å²) in [5, 5.41) is 12.0. The molecule has 0 fully saturated rings. The number of alkyl halides is 1. The summed E-state index contributed by atoms with van der Waals surface area (Å²) >= 11 is 5.91. The fourth-order valence-electron chi connectivity index (χ4n) is 1.89. The van der Waals surface area contributed by atoms with E-state index in [0.717, 1.165) is 18.8 Å². The fourth-order valence-corrected chi connectivity index (χ4v) is 2.16. The van der Waals surface area contributed by atoms with Crippen LogP contribution in [-0.2, 0) is 23.7 Å². The Labute approximate surface area is 127 Å². The molecule has 0 aliphatic rings. The highest BCUT2D eigenvalue weighted by molar-refractivity contribution is 6.17. The second kappa shape index (κ2) is 7.16. The van der Waals surface area contributed by atoms with E-state index in [4.69, 9.17) is 16.3 Å². The van der Waals surface area contributed by atoms with Crippen molar-refractivity contribution in [2.75, 3.05) is 6.61 Å². The first-order chi connectivity index (χ1) is 10.2. The molecule has 0 N–H and O–H groups in total. The van der Waals surface area contributed by atoms with Crippen LogP contribution >= 0.6 is 11.6 Å². The summed E-state index contributed by atoms with van der Waals surface area (Å²) in [5.74, 6) is 0.334. The first-order valence-electron chi connectivity index (χ1n) is 6.73. The normalized spacial score (nSPS) is 10.8. The Kier molecular flexibility index (Phi) is 5.26. The topological polar surface area (TPSA) is 87.7 Å². The van der Waals surface area contributed by atoms with Crippen LogP contribution in [-0.4, -0.2) is 42.3 Å². The van der Waals surface area contributed by atoms with Gasteiger partial charge in [0, 0.05) is 6.54 Å². The van der Waals surface area contributed by atoms with Gasteiger partial charge < -0.3 is 4.74 Å². The van der Waals surface area contributed by atoms with Crippen molar-refractivity contribution < 1.29 is 9.53 Å². The van der Waals surface area contributed by atoms with Crippen molar-refractivity contribution in [1.82, 2.24) is 29.8 Å². The number of rotatable bonds is 7. The molecule has 0 atom stereocenters. The van der Waals surface area contributed by atoms with Crippen molar-refractivity contribution >= 4 is 17.6 Å². The summed E-state index contributed by atoms with van der Waals surface area (Å²) < 4.78 is 8.28. The average Bonchev–Trinajstić information content (AvgIpc) is 3.07. The minimum atomic E-state index is -0.519. The van der Waals surface area contributed by atoms with Crippen LogP contribution in [0.15, 0.2) is 6.33 Å². The molecule has 0 spiro atoms. The van der Waals surface area contributed by atoms with Crippen LogP contribution in [0.3, 0.4) is 0 Å². The minimum Gasteiger partial charge on any atom is -0.461 e. The number of hydrogen-bond donors (Lipinski definition) is 0. The zero-order valence-corrected chi connectivity index (χ0v) is 12.7. The van der Waals surface area contributed by atoms with Gasteiger partial charge in [-0.05, 0) is 13.3 Å². The maximum atomic E-state index is 11.8. The van der Waals surface area contributed by atoms with Gasteiger partial charge in [0.05, 0.1) is 18.2 Å². The van der Waals surface area contributed by atoms with Gasteiger partial charge in [-0.3, -0.25) is 0 Å². The Hall–Kier alpha value is -1.96. The lowest BCUT2D eigenvalue weighted by atomic mass is 10.3. The molecule has 9 heteroatoms. The van der Waals surface area contributed by atoms with E-state index >= 15 is 0 Å². The number of carbonyl (C=O) groups excluding carboxylic acids is 1. The lowest BCUT2D eigenvalue weighted by molar-refractivity contribution is 0.0518. The zero-order chi connectivity index (χ0) is 15.2. The molecule has 8 nitrogen and oxygen atoms in total. The second-order valence-corrected chi connectivity index (χ2v) is 4.56. The molecular weight excluding hydrogens is 296 g/mol. The third kappa shape index (κ3) is 3.38. The number of halogens is 1. The zero-order valence-electron chi connectivity index (χ0n) is 12.0. The van der Waals surface area contributed by atoms with E-state index in [1.807, 2.05) is 0 Å². The third-order valence-electron chi connectivity index (χ3n) is 2.86. The maximum Gasteiger partial charge on any atom is 0.360 e. The van der Waals surface area contributed by atoms with Gasteiger partial charge in [0.2, 0.25) is 0 Å². The van der Waals surface area contributed by atoms with E-state index in [9.17, 15) is 4.79 Å². The highest BCUT2D eigenvalue weighted by Crippen LogP contribution is 2.12. The highest BCUT2D eigenvalue weighted by atomic mass is 35.5. The molecular formula is C12H17ClN6O2. The van der Waals surface area contributed by atoms with Gasteiger partial charge >= 0.3 is 5.97 Å². The van der Waals surface area contributed by atoms with Crippen LogP contribution in [0.25, 0.3) is 0 Å². The number of nitrogens with zero attached hydrogens (tertiary/aromatic N) is 6. The number of aromatic nitrogens is 6. The lowest BCUT2D eigenvalue weighted by Gasteiger charge is -2.06. The predicted octanol–water partition coefficient (Wildman–Crippen LogP) is 1.24. The first-order valence-corrected chi connectivity index (χ1v) is 7.26. The highest BCUT2D eigenvalue weighted by Gasteiger charge is 2.21. The van der Waals surface area contributed by atoms with E-state index in [-0.39, 0.29) is 18.2 Å². The Morgan fingerprint density at radius 1 is 1.38 bits per heavy atom. The van der Waals surface area contributed by atoms with Crippen LogP contribution in [0.5, 0.6) is 0 Å². The maximum absolute atomic E-state index is 11.8. The summed E-state index contributed by atoms with van der Waals surface area (Å²) in [6.07, 6.45) is 2.44. The van der Waals surface area contributed by atoms with Crippen LogP contribution in [0, 0.1) is 0 Å². The third-order valence-corrected chi connectivity index (χ3v) is 3.11. The van der Waals surface area contributed by atoms with Gasteiger partial charge in [0.15, 0.2) is 5.69 Å². The summed E-state index contributed by atoms with van der Waals surface area (Å²) in [4.78, 5) is 16.0. The molecule has 0 aliphatic carbocycles. The number of carbonyl (C=O) groups is 1. The molecule has 0 saturated carbocycles. The molecule has 2 heterocycles. The molecule has 0 saturated heterocycles. The Morgan fingerprint density at radius 3 is 2.86 bits per heavy atom. The van der Waals surface area contributed by atoms with E-state index < -0.39 is 5.97 Å². The SMILES string of the molecule is CCCn1ncnc1Cn1nnc(C(=O)OCC)c1CCl. The van der Waals surface area contributed by atoms with E-state index in [0.29, 0.717) is 12.2 Å². The minimum absolute atomic E-state index is 0.114. The summed E-state index contributed by atoms with van der Waals surface area (Å²) in [6.45, 7) is 5.19. The van der Waals surface area contributed by atoms with Gasteiger partial charge in [-0.1, -0.05) is 12.1 Å². The van der Waals surface area contributed by atoms with Gasteiger partial charge in [-0.25, -0.2) is 19.1 Å². The van der Waals surface area contributed by atoms with Crippen LogP contribution in [0.1, 0.15) is 42.3 Å². The summed E-state index contributed by atoms with van der Waals surface area (Å²) in [6, 6.07) is 0. The Balaban J connectivity index is 2.24. The van der Waals surface area contributed by atoms with Crippen molar-refractivity contribution in [3.8, 4) is 0 Å². The monoisotopic (exact) mass is 312 g/mol. The molecule has 0 radical (unpaired) electrons. The van der Waals surface area contributed by atoms with Crippen LogP contribution < -0.4 is 0 Å². The molecule has 0 aliphatic heterocycles. The van der Waals surface area contributed by atoms with Gasteiger partial charge in [-0.15, -0.1) is 16.7 Å². The summed E-state index contributed by atoms with van der Waals surface area (Å²) in [5.41, 5.74) is 0.662. The van der Waals surface area contributed by atoms with E-state index in [1.54, 1.807) is 16.3 Å². The Bertz CT molecular complexity index is 609. The first kappa shape index (κ1) is 15.4. The average molecular weight is 313 g/mol. The van der Waals surface area contributed by atoms with Gasteiger partial charge in [-0.2, -0.15) is 5.10 Å². The standard InChI is InChI=1S/C12H17ClN6O2/c1-3-5-18-10(14-8-15-18)7-19-9(6-13)11(16-17-19)12(20)21-4-2/h8H,3-7H2,1-2H3. The molecule has 2 aromatic heterocycles. The molecule has 0 bridgehead atoms. The van der Waals surface area contributed by atoms with Gasteiger partial charge in [0.1, 0.15) is 18.7 Å². The van der Waals surface area contributed by atoms with Gasteiger partial charge in [0.25, 0.3) is 0 Å². The second-order valence-electron chi connectivity index (χ2n) is 4.30. The molecule has 0 aromatic carbocycles. The van der Waals surface area contributed by atoms with Crippen LogP contribution in [0.4, 0.5) is 0 Å². The fraction of sp³-hybridized carbons (Fsp3) is 0.583. The lowest BCUT2D eigenvalue weighted by Crippen LogP contribution is -2.14. The molecule has 114 valence electrons. The number of esters is 1. The quantitative estimate of drug-likeness (QED) is 0.564. The smallest absolute Gasteiger partial charge is 0.360 e. The number of hydrogen-bond acceptors (Lipinski definition) is 6. The molecule has 0 unspecified atom stereocenters. The van der Waals surface area contributed by atoms with Crippen molar-refractivity contribution in [3.05, 3.63) is 23.5 Å². The Morgan fingerprint density at radius 2 is 2.19 bits per heavy atom. The van der Waals surface area contributed by atoms with Crippen molar-refractivity contribution in [2.45, 2.75) is 39.2 Å². The van der Waals surface area contributed by atoms with Crippen molar-refractivity contribution in [3.63, 3.8) is 0 Å². The van der Waals surface area contributed by atoms with E-state index in [1.165, 1.54) is 6.33 Å². The largest absolute Gasteiger partial charge is 0.461 e. The predicted molar refractivity (Wildman–Crippen MR) is 75.0 cm³/mol. The number of aryl methyl sites for hydroxylation is 1. The molecule has 2 rings (SSSR count). The van der Waals surface area contributed by atoms with Crippen LogP contribution in [0.2, 0.25) is 0 Å². The number of ether oxygens (including phenoxy) is 1. The molecule has 2 aromatic rings. The van der Waals surface area contributed by atoms with E-state index in [2.05, 4.69) is 27.3 Å². The van der Waals surface area contributed by atoms with Crippen molar-refractivity contribution in [2.24, 2.45) is 0 Å². The summed E-state index contributed by atoms with van der Waals surface area (Å²) in [7, 11) is 0. The van der Waals surface area contributed by atoms with Crippen molar-refractivity contribution in [1.29, 1.82) is 0 Å².